The molecule has 9 heteroatoms. The predicted octanol–water partition coefficient (Wildman–Crippen LogP) is 2.00. The van der Waals surface area contributed by atoms with E-state index in [2.05, 4.69) is 4.98 Å². The lowest BCUT2D eigenvalue weighted by molar-refractivity contribution is -0.135. The zero-order valence-corrected chi connectivity index (χ0v) is 11.4. The van der Waals surface area contributed by atoms with Gasteiger partial charge in [-0.3, -0.25) is 0 Å². The van der Waals surface area contributed by atoms with Gasteiger partial charge in [-0.05, 0) is 6.42 Å². The van der Waals surface area contributed by atoms with Crippen molar-refractivity contribution in [3.8, 4) is 0 Å². The van der Waals surface area contributed by atoms with Crippen molar-refractivity contribution in [3.05, 3.63) is 12.0 Å². The van der Waals surface area contributed by atoms with Crippen molar-refractivity contribution < 1.29 is 21.6 Å². The Morgan fingerprint density at radius 2 is 2.00 bits per heavy atom. The second-order valence-electron chi connectivity index (χ2n) is 4.55. The second kappa shape index (κ2) is 5.49. The summed E-state index contributed by atoms with van der Waals surface area (Å²) in [7, 11) is -3.95. The average Bonchev–Trinajstić information content (AvgIpc) is 2.59. The van der Waals surface area contributed by atoms with E-state index in [9.17, 15) is 21.6 Å². The van der Waals surface area contributed by atoms with Crippen LogP contribution in [0, 0.1) is 0 Å². The van der Waals surface area contributed by atoms with E-state index < -0.39 is 22.6 Å². The quantitative estimate of drug-likeness (QED) is 0.903. The highest BCUT2D eigenvalue weighted by atomic mass is 32.2. The summed E-state index contributed by atoms with van der Waals surface area (Å²) in [6.07, 6.45) is -4.10. The summed E-state index contributed by atoms with van der Waals surface area (Å²) in [4.78, 5) is 3.86. The first-order valence-electron chi connectivity index (χ1n) is 5.67. The Hall–Kier alpha value is -1.09. The first kappa shape index (κ1) is 16.0. The topological polar surface area (TPSA) is 78.0 Å². The van der Waals surface area contributed by atoms with E-state index in [-0.39, 0.29) is 23.9 Å². The summed E-state index contributed by atoms with van der Waals surface area (Å²) >= 11 is 0. The molecule has 0 spiro atoms. The monoisotopic (exact) mass is 299 g/mol. The van der Waals surface area contributed by atoms with E-state index in [1.807, 2.05) is 0 Å². The molecule has 2 N–H and O–H groups in total. The minimum Gasteiger partial charge on any atom is -0.333 e. The number of halogens is 3. The van der Waals surface area contributed by atoms with Crippen LogP contribution in [0.3, 0.4) is 0 Å². The van der Waals surface area contributed by atoms with Crippen LogP contribution in [0.4, 0.5) is 13.2 Å². The molecule has 5 nitrogen and oxygen atoms in total. The molecule has 0 aromatic carbocycles. The van der Waals surface area contributed by atoms with E-state index in [1.165, 1.54) is 10.8 Å². The number of aryl methyl sites for hydroxylation is 1. The zero-order chi connectivity index (χ0) is 14.8. The maximum atomic E-state index is 12.1. The van der Waals surface area contributed by atoms with Gasteiger partial charge < -0.3 is 4.57 Å². The summed E-state index contributed by atoms with van der Waals surface area (Å²) in [5.74, 6) is 0.299. The average molecular weight is 299 g/mol. The third-order valence-corrected chi connectivity index (χ3v) is 3.23. The van der Waals surface area contributed by atoms with Gasteiger partial charge in [-0.2, -0.15) is 13.2 Å². The molecule has 1 aromatic rings. The van der Waals surface area contributed by atoms with Gasteiger partial charge in [0.05, 0.1) is 0 Å². The van der Waals surface area contributed by atoms with Crippen molar-refractivity contribution in [2.24, 2.45) is 5.14 Å². The Kier molecular flexibility index (Phi) is 4.62. The minimum absolute atomic E-state index is 0.0511. The number of nitrogens with two attached hydrogens (primary N) is 1. The first-order valence-corrected chi connectivity index (χ1v) is 7.22. The van der Waals surface area contributed by atoms with Crippen LogP contribution < -0.4 is 5.14 Å². The van der Waals surface area contributed by atoms with Crippen molar-refractivity contribution in [2.45, 2.75) is 50.4 Å². The molecule has 0 fully saturated rings. The first-order chi connectivity index (χ1) is 8.50. The number of nitrogens with zero attached hydrogens (tertiary/aromatic N) is 2. The molecule has 0 radical (unpaired) electrons. The molecule has 0 aliphatic rings. The molecule has 0 amide bonds. The van der Waals surface area contributed by atoms with Crippen LogP contribution in [0.25, 0.3) is 0 Å². The second-order valence-corrected chi connectivity index (χ2v) is 6.06. The van der Waals surface area contributed by atoms with Gasteiger partial charge in [0.15, 0.2) is 5.03 Å². The summed E-state index contributed by atoms with van der Waals surface area (Å²) in [6, 6.07) is 0. The summed E-state index contributed by atoms with van der Waals surface area (Å²) < 4.78 is 60.0. The molecule has 0 saturated heterocycles. The standard InChI is InChI=1S/C10H16F3N3O2S/c1-7(2)9-15-8(19(14,17)18)6-16(9)5-3-4-10(11,12)13/h6-7H,3-5H2,1-2H3,(H2,14,17,18). The largest absolute Gasteiger partial charge is 0.389 e. The van der Waals surface area contributed by atoms with Gasteiger partial charge in [-0.15, -0.1) is 0 Å². The molecule has 0 saturated carbocycles. The van der Waals surface area contributed by atoms with Crippen LogP contribution in [-0.4, -0.2) is 24.1 Å². The molecular formula is C10H16F3N3O2S. The van der Waals surface area contributed by atoms with E-state index in [4.69, 9.17) is 5.14 Å². The zero-order valence-electron chi connectivity index (χ0n) is 10.6. The van der Waals surface area contributed by atoms with Crippen molar-refractivity contribution in [1.29, 1.82) is 0 Å². The summed E-state index contributed by atoms with van der Waals surface area (Å²) in [5, 5.41) is 4.64. The molecule has 0 atom stereocenters. The number of imidazole rings is 1. The Bertz CT molecular complexity index is 535. The molecule has 1 heterocycles. The molecular weight excluding hydrogens is 283 g/mol. The van der Waals surface area contributed by atoms with Gasteiger partial charge in [0, 0.05) is 25.1 Å². The SMILES string of the molecule is CC(C)c1nc(S(N)(=O)=O)cn1CCCC(F)(F)F. The number of rotatable bonds is 5. The smallest absolute Gasteiger partial charge is 0.333 e. The Labute approximate surface area is 109 Å². The van der Waals surface area contributed by atoms with E-state index in [1.54, 1.807) is 13.8 Å². The van der Waals surface area contributed by atoms with Crippen LogP contribution in [0.15, 0.2) is 11.2 Å². The van der Waals surface area contributed by atoms with Gasteiger partial charge >= 0.3 is 6.18 Å². The highest BCUT2D eigenvalue weighted by Gasteiger charge is 2.26. The van der Waals surface area contributed by atoms with Crippen LogP contribution in [0.1, 0.15) is 38.4 Å². The summed E-state index contributed by atoms with van der Waals surface area (Å²) in [5.41, 5.74) is 0. The molecule has 19 heavy (non-hydrogen) atoms. The third kappa shape index (κ3) is 4.83. The lowest BCUT2D eigenvalue weighted by atomic mass is 10.2. The number of aromatic nitrogens is 2. The molecule has 0 aliphatic carbocycles. The van der Waals surface area contributed by atoms with Crippen molar-refractivity contribution >= 4 is 10.0 Å². The highest BCUT2D eigenvalue weighted by Crippen LogP contribution is 2.23. The van der Waals surface area contributed by atoms with Crippen LogP contribution in [-0.2, 0) is 16.6 Å². The number of hydrogen-bond donors (Lipinski definition) is 1. The summed E-state index contributed by atoms with van der Waals surface area (Å²) in [6.45, 7) is 3.60. The van der Waals surface area contributed by atoms with Gasteiger partial charge in [-0.1, -0.05) is 13.8 Å². The van der Waals surface area contributed by atoms with E-state index in [0.29, 0.717) is 5.82 Å². The van der Waals surface area contributed by atoms with Crippen LogP contribution >= 0.6 is 0 Å². The van der Waals surface area contributed by atoms with Crippen molar-refractivity contribution in [3.63, 3.8) is 0 Å². The fourth-order valence-corrected chi connectivity index (χ4v) is 2.13. The van der Waals surface area contributed by atoms with E-state index >= 15 is 0 Å². The predicted molar refractivity (Wildman–Crippen MR) is 63.0 cm³/mol. The molecule has 0 bridgehead atoms. The van der Waals surface area contributed by atoms with Crippen LogP contribution in [0.5, 0.6) is 0 Å². The van der Waals surface area contributed by atoms with Gasteiger partial charge in [-0.25, -0.2) is 18.5 Å². The Morgan fingerprint density at radius 3 is 2.42 bits per heavy atom. The molecule has 0 aliphatic heterocycles. The Morgan fingerprint density at radius 1 is 1.42 bits per heavy atom. The number of primary sulfonamides is 1. The fourth-order valence-electron chi connectivity index (χ4n) is 1.63. The van der Waals surface area contributed by atoms with Crippen molar-refractivity contribution in [1.82, 2.24) is 9.55 Å². The molecule has 0 unspecified atom stereocenters. The van der Waals surface area contributed by atoms with Crippen molar-refractivity contribution in [2.75, 3.05) is 0 Å². The number of hydrogen-bond acceptors (Lipinski definition) is 3. The van der Waals surface area contributed by atoms with Crippen LogP contribution in [0.2, 0.25) is 0 Å². The third-order valence-electron chi connectivity index (χ3n) is 2.45. The number of alkyl halides is 3. The molecule has 1 rings (SSSR count). The number of sulfonamides is 1. The lowest BCUT2D eigenvalue weighted by Gasteiger charge is -2.10. The lowest BCUT2D eigenvalue weighted by Crippen LogP contribution is -2.12. The molecule has 110 valence electrons. The fraction of sp³-hybridized carbons (Fsp3) is 0.700. The minimum atomic E-state index is -4.22. The molecule has 1 aromatic heterocycles. The van der Waals surface area contributed by atoms with Gasteiger partial charge in [0.1, 0.15) is 5.82 Å². The normalized spacial score (nSPS) is 13.2. The van der Waals surface area contributed by atoms with Gasteiger partial charge in [0.25, 0.3) is 10.0 Å². The van der Waals surface area contributed by atoms with Gasteiger partial charge in [0.2, 0.25) is 0 Å². The Balaban J connectivity index is 2.90. The maximum Gasteiger partial charge on any atom is 0.389 e. The highest BCUT2D eigenvalue weighted by molar-refractivity contribution is 7.89. The maximum absolute atomic E-state index is 12.1. The van der Waals surface area contributed by atoms with E-state index in [0.717, 1.165) is 0 Å².